The number of amides is 1. The fraction of sp³-hybridized carbons (Fsp3) is 0.526. The molecular formula is C38H50N6O9S2. The first-order chi connectivity index (χ1) is 26.3. The Morgan fingerprint density at radius 3 is 2.35 bits per heavy atom. The third kappa shape index (κ3) is 10.1. The Morgan fingerprint density at radius 2 is 1.65 bits per heavy atom. The van der Waals surface area contributed by atoms with Crippen LogP contribution in [0.2, 0.25) is 0 Å². The number of pyridine rings is 1. The fourth-order valence-electron chi connectivity index (χ4n) is 7.29. The summed E-state index contributed by atoms with van der Waals surface area (Å²) in [5.41, 5.74) is 0.330. The number of nitro benzene ring substituents is 1. The number of anilines is 2. The van der Waals surface area contributed by atoms with Gasteiger partial charge in [0, 0.05) is 69.5 Å². The second-order valence-corrected chi connectivity index (χ2v) is 19.0. The minimum Gasteiger partial charge on any atom is -0.455 e. The van der Waals surface area contributed by atoms with E-state index in [0.29, 0.717) is 25.7 Å². The van der Waals surface area contributed by atoms with E-state index in [-0.39, 0.29) is 33.6 Å². The van der Waals surface area contributed by atoms with Gasteiger partial charge in [0.1, 0.15) is 17.2 Å². The summed E-state index contributed by atoms with van der Waals surface area (Å²) in [6.07, 6.45) is 9.90. The van der Waals surface area contributed by atoms with Gasteiger partial charge in [-0.15, -0.1) is 0 Å². The maximum atomic E-state index is 13.8. The maximum Gasteiger partial charge on any atom is 0.293 e. The molecule has 3 fully saturated rings. The molecule has 15 nitrogen and oxygen atoms in total. The van der Waals surface area contributed by atoms with Crippen molar-refractivity contribution in [1.29, 1.82) is 0 Å². The molecule has 0 spiro atoms. The molecule has 2 N–H and O–H groups in total. The molecule has 4 heterocycles. The van der Waals surface area contributed by atoms with Crippen molar-refractivity contribution in [2.75, 3.05) is 62.7 Å². The van der Waals surface area contributed by atoms with Crippen LogP contribution in [0.25, 0.3) is 0 Å². The first-order valence-corrected chi connectivity index (χ1v) is 22.0. The molecule has 3 aliphatic heterocycles. The van der Waals surface area contributed by atoms with Gasteiger partial charge in [0.2, 0.25) is 0 Å². The van der Waals surface area contributed by atoms with Crippen LogP contribution < -0.4 is 19.7 Å². The van der Waals surface area contributed by atoms with E-state index in [1.165, 1.54) is 55.9 Å². The molecule has 1 aromatic heterocycles. The Kier molecular flexibility index (Phi) is 12.9. The summed E-state index contributed by atoms with van der Waals surface area (Å²) < 4.78 is 66.5. The number of piperidine rings is 2. The van der Waals surface area contributed by atoms with E-state index < -0.39 is 46.5 Å². The second-order valence-electron chi connectivity index (χ2n) is 14.8. The Morgan fingerprint density at radius 1 is 0.927 bits per heavy atom. The van der Waals surface area contributed by atoms with E-state index in [1.54, 1.807) is 26.0 Å². The number of hydrogen-bond acceptors (Lipinski definition) is 13. The van der Waals surface area contributed by atoms with Crippen LogP contribution in [-0.2, 0) is 24.6 Å². The molecule has 0 unspecified atom stereocenters. The largest absolute Gasteiger partial charge is 0.455 e. The Balaban J connectivity index is 1.23. The number of hydrogen-bond donors (Lipinski definition) is 2. The first-order valence-electron chi connectivity index (χ1n) is 19.0. The van der Waals surface area contributed by atoms with Crippen molar-refractivity contribution in [2.45, 2.75) is 73.8 Å². The van der Waals surface area contributed by atoms with Crippen LogP contribution in [0.5, 0.6) is 11.5 Å². The van der Waals surface area contributed by atoms with Gasteiger partial charge in [0.05, 0.1) is 31.7 Å². The summed E-state index contributed by atoms with van der Waals surface area (Å²) in [6.45, 7) is 9.72. The van der Waals surface area contributed by atoms with Crippen molar-refractivity contribution in [3.05, 3.63) is 70.5 Å². The number of benzene rings is 2. The van der Waals surface area contributed by atoms with Crippen molar-refractivity contribution >= 4 is 42.8 Å². The number of aromatic nitrogens is 1. The zero-order valence-corrected chi connectivity index (χ0v) is 32.9. The maximum absolute atomic E-state index is 13.8. The number of ether oxygens (including phenoxy) is 2. The predicted molar refractivity (Wildman–Crippen MR) is 208 cm³/mol. The molecule has 0 atom stereocenters. The van der Waals surface area contributed by atoms with Gasteiger partial charge >= 0.3 is 0 Å². The topological polar surface area (TPSA) is 190 Å². The molecular weight excluding hydrogens is 749 g/mol. The summed E-state index contributed by atoms with van der Waals surface area (Å²) >= 11 is 0. The van der Waals surface area contributed by atoms with E-state index >= 15 is 0 Å². The number of nitro groups is 1. The van der Waals surface area contributed by atoms with Crippen LogP contribution in [0.4, 0.5) is 17.1 Å². The average molecular weight is 799 g/mol. The minimum absolute atomic E-state index is 0.0137. The van der Waals surface area contributed by atoms with Gasteiger partial charge in [0.25, 0.3) is 21.6 Å². The van der Waals surface area contributed by atoms with E-state index in [1.807, 2.05) is 4.72 Å². The van der Waals surface area contributed by atoms with Crippen LogP contribution in [-0.4, -0.2) is 95.3 Å². The quantitative estimate of drug-likeness (QED) is 0.151. The number of nitrogens with one attached hydrogen (secondary N) is 2. The molecule has 3 saturated heterocycles. The average Bonchev–Trinajstić information content (AvgIpc) is 3.18. The Bertz CT molecular complexity index is 2060. The smallest absolute Gasteiger partial charge is 0.293 e. The zero-order valence-electron chi connectivity index (χ0n) is 31.3. The monoisotopic (exact) mass is 798 g/mol. The third-order valence-electron chi connectivity index (χ3n) is 10.6. The molecule has 2 aromatic carbocycles. The summed E-state index contributed by atoms with van der Waals surface area (Å²) in [5.74, 6) is -0.182. The van der Waals surface area contributed by atoms with Crippen molar-refractivity contribution in [2.24, 2.45) is 11.8 Å². The standard InChI is InChI=1S/C38H50N6O9S2/c1-27(2)54(48,49)33-21-31(24-39-25-33)53-37-20-30(43-16-10-29(11-17-43)26-42-14-4-3-5-15-42)6-8-34(37)38(45)41-55(50,51)32-7-9-35(36(22-32)44(46)47)40-23-28-12-18-52-19-13-28/h6-9,20-22,24-25,27-29,40H,3-5,10-19,23,26H2,1-2H3,(H,41,45). The van der Waals surface area contributed by atoms with E-state index in [9.17, 15) is 31.7 Å². The number of carbonyl (C=O) groups excluding carboxylic acids is 1. The fourth-order valence-corrected chi connectivity index (χ4v) is 9.31. The SMILES string of the molecule is CC(C)S(=O)(=O)c1cncc(Oc2cc(N3CCC(CN4CCCCC4)CC3)ccc2C(=O)NS(=O)(=O)c2ccc(NCC3CCOCC3)c([N+](=O)[O-])c2)c1. The lowest BCUT2D eigenvalue weighted by atomic mass is 9.95. The molecule has 55 heavy (non-hydrogen) atoms. The molecule has 1 amide bonds. The number of carbonyl (C=O) groups is 1. The highest BCUT2D eigenvalue weighted by Gasteiger charge is 2.28. The van der Waals surface area contributed by atoms with Crippen molar-refractivity contribution in [3.8, 4) is 11.5 Å². The highest BCUT2D eigenvalue weighted by Crippen LogP contribution is 2.34. The van der Waals surface area contributed by atoms with E-state index in [2.05, 4.69) is 20.1 Å². The second kappa shape index (κ2) is 17.6. The highest BCUT2D eigenvalue weighted by molar-refractivity contribution is 7.92. The molecule has 0 bridgehead atoms. The molecule has 3 aromatic rings. The van der Waals surface area contributed by atoms with Crippen molar-refractivity contribution in [1.82, 2.24) is 14.6 Å². The number of likely N-dealkylation sites (tertiary alicyclic amines) is 1. The molecule has 3 aliphatic rings. The normalized spacial score (nSPS) is 17.9. The van der Waals surface area contributed by atoms with Crippen LogP contribution in [0.3, 0.4) is 0 Å². The molecule has 0 aliphatic carbocycles. The molecule has 298 valence electrons. The van der Waals surface area contributed by atoms with Crippen LogP contribution in [0.15, 0.2) is 64.6 Å². The number of sulfonamides is 1. The van der Waals surface area contributed by atoms with Gasteiger partial charge in [-0.05, 0) is 102 Å². The Labute approximate surface area is 322 Å². The number of nitrogens with zero attached hydrogens (tertiary/aromatic N) is 4. The van der Waals surface area contributed by atoms with Crippen LogP contribution in [0.1, 0.15) is 69.2 Å². The molecule has 6 rings (SSSR count). The van der Waals surface area contributed by atoms with E-state index in [4.69, 9.17) is 9.47 Å². The summed E-state index contributed by atoms with van der Waals surface area (Å²) in [6, 6.07) is 9.58. The van der Waals surface area contributed by atoms with Crippen LogP contribution >= 0.6 is 0 Å². The summed E-state index contributed by atoms with van der Waals surface area (Å²) in [4.78, 5) is 33.4. The Hall–Kier alpha value is -4.32. The van der Waals surface area contributed by atoms with Gasteiger partial charge in [0.15, 0.2) is 9.84 Å². The highest BCUT2D eigenvalue weighted by atomic mass is 32.2. The van der Waals surface area contributed by atoms with Crippen LogP contribution in [0, 0.1) is 22.0 Å². The first kappa shape index (κ1) is 40.3. The summed E-state index contributed by atoms with van der Waals surface area (Å²) in [7, 11) is -8.31. The van der Waals surface area contributed by atoms with Gasteiger partial charge in [-0.25, -0.2) is 21.6 Å². The number of rotatable bonds is 14. The third-order valence-corrected chi connectivity index (χ3v) is 14.1. The van der Waals surface area contributed by atoms with E-state index in [0.717, 1.165) is 70.2 Å². The van der Waals surface area contributed by atoms with Gasteiger partial charge in [-0.2, -0.15) is 0 Å². The zero-order chi connectivity index (χ0) is 39.2. The number of sulfone groups is 1. The molecule has 17 heteroatoms. The van der Waals surface area contributed by atoms with Gasteiger partial charge in [-0.1, -0.05) is 6.42 Å². The molecule has 0 radical (unpaired) electrons. The summed E-state index contributed by atoms with van der Waals surface area (Å²) in [5, 5.41) is 14.4. The minimum atomic E-state index is -4.60. The predicted octanol–water partition coefficient (Wildman–Crippen LogP) is 5.62. The lowest BCUT2D eigenvalue weighted by Crippen LogP contribution is -2.40. The molecule has 0 saturated carbocycles. The van der Waals surface area contributed by atoms with Gasteiger partial charge < -0.3 is 24.6 Å². The van der Waals surface area contributed by atoms with Crippen molar-refractivity contribution in [3.63, 3.8) is 0 Å². The lowest BCUT2D eigenvalue weighted by molar-refractivity contribution is -0.384. The lowest BCUT2D eigenvalue weighted by Gasteiger charge is -2.37. The van der Waals surface area contributed by atoms with Gasteiger partial charge in [-0.3, -0.25) is 19.9 Å². The van der Waals surface area contributed by atoms with Crippen molar-refractivity contribution < 1.29 is 36.0 Å².